The number of rotatable bonds is 6. The van der Waals surface area contributed by atoms with Gasteiger partial charge in [0.1, 0.15) is 0 Å². The van der Waals surface area contributed by atoms with Crippen molar-refractivity contribution in [1.29, 1.82) is 0 Å². The van der Waals surface area contributed by atoms with Crippen LogP contribution in [-0.4, -0.2) is 11.2 Å². The van der Waals surface area contributed by atoms with Gasteiger partial charge in [0.05, 0.1) is 6.10 Å². The average molecular weight is 415 g/mol. The molecule has 3 fully saturated rings. The van der Waals surface area contributed by atoms with Crippen LogP contribution in [-0.2, 0) is 0 Å². The summed E-state index contributed by atoms with van der Waals surface area (Å²) in [5.74, 6) is 6.31. The maximum atomic E-state index is 10.2. The number of aliphatic hydroxyl groups excluding tert-OH is 1. The zero-order valence-corrected chi connectivity index (χ0v) is 20.9. The normalized spacial score (nSPS) is 45.3. The monoisotopic (exact) mass is 414 g/mol. The second-order valence-electron chi connectivity index (χ2n) is 12.9. The third kappa shape index (κ3) is 3.74. The molecular formula is C29H50O. The predicted molar refractivity (Wildman–Crippen MR) is 128 cm³/mol. The lowest BCUT2D eigenvalue weighted by Crippen LogP contribution is -2.50. The molecule has 1 nitrogen and oxygen atoms in total. The zero-order chi connectivity index (χ0) is 21.7. The summed E-state index contributed by atoms with van der Waals surface area (Å²) in [5, 5.41) is 10.2. The van der Waals surface area contributed by atoms with Crippen molar-refractivity contribution in [3.05, 3.63) is 11.6 Å². The average Bonchev–Trinajstić information content (AvgIpc) is 3.06. The van der Waals surface area contributed by atoms with Gasteiger partial charge in [-0.3, -0.25) is 0 Å². The molecule has 9 atom stereocenters. The van der Waals surface area contributed by atoms with Gasteiger partial charge in [0.25, 0.3) is 0 Å². The van der Waals surface area contributed by atoms with E-state index in [1.807, 2.05) is 0 Å². The Kier molecular flexibility index (Phi) is 6.53. The van der Waals surface area contributed by atoms with E-state index in [1.54, 1.807) is 5.57 Å². The number of hydrogen-bond donors (Lipinski definition) is 1. The molecular weight excluding hydrogens is 364 g/mol. The Hall–Kier alpha value is -0.300. The molecule has 1 N–H and O–H groups in total. The molecule has 0 heterocycles. The highest BCUT2D eigenvalue weighted by atomic mass is 16.3. The summed E-state index contributed by atoms with van der Waals surface area (Å²) in [5.41, 5.74) is 2.59. The van der Waals surface area contributed by atoms with Gasteiger partial charge in [0, 0.05) is 0 Å². The Morgan fingerprint density at radius 2 is 1.77 bits per heavy atom. The maximum Gasteiger partial charge on any atom is 0.0577 e. The van der Waals surface area contributed by atoms with Crippen molar-refractivity contribution in [2.24, 2.45) is 52.3 Å². The van der Waals surface area contributed by atoms with Gasteiger partial charge in [0.2, 0.25) is 0 Å². The van der Waals surface area contributed by atoms with E-state index in [0.717, 1.165) is 54.3 Å². The summed E-state index contributed by atoms with van der Waals surface area (Å²) in [4.78, 5) is 0. The zero-order valence-electron chi connectivity index (χ0n) is 20.9. The minimum atomic E-state index is -0.0794. The van der Waals surface area contributed by atoms with Crippen molar-refractivity contribution >= 4 is 0 Å². The minimum Gasteiger partial charge on any atom is -0.393 e. The first kappa shape index (κ1) is 22.9. The van der Waals surface area contributed by atoms with E-state index >= 15 is 0 Å². The molecule has 3 saturated carbocycles. The van der Waals surface area contributed by atoms with Crippen LogP contribution in [0.1, 0.15) is 112 Å². The van der Waals surface area contributed by atoms with Crippen LogP contribution >= 0.6 is 0 Å². The molecule has 0 bridgehead atoms. The van der Waals surface area contributed by atoms with Crippen LogP contribution in [0, 0.1) is 52.3 Å². The Balaban J connectivity index is 1.47. The van der Waals surface area contributed by atoms with E-state index in [4.69, 9.17) is 0 Å². The van der Waals surface area contributed by atoms with Crippen LogP contribution < -0.4 is 0 Å². The highest BCUT2D eigenvalue weighted by Gasteiger charge is 2.59. The Bertz CT molecular complexity index is 634. The van der Waals surface area contributed by atoms with Gasteiger partial charge in [-0.05, 0) is 110 Å². The quantitative estimate of drug-likeness (QED) is 0.436. The first-order valence-corrected chi connectivity index (χ1v) is 13.6. The van der Waals surface area contributed by atoms with Gasteiger partial charge in [-0.2, -0.15) is 0 Å². The van der Waals surface area contributed by atoms with E-state index in [9.17, 15) is 5.11 Å². The van der Waals surface area contributed by atoms with Crippen molar-refractivity contribution in [1.82, 2.24) is 0 Å². The van der Waals surface area contributed by atoms with Crippen molar-refractivity contribution in [3.63, 3.8) is 0 Å². The van der Waals surface area contributed by atoms with Crippen LogP contribution in [0.15, 0.2) is 11.6 Å². The van der Waals surface area contributed by atoms with E-state index < -0.39 is 0 Å². The highest BCUT2D eigenvalue weighted by Crippen LogP contribution is 2.67. The molecule has 7 unspecified atom stereocenters. The lowest BCUT2D eigenvalue weighted by molar-refractivity contribution is -0.0575. The van der Waals surface area contributed by atoms with Crippen molar-refractivity contribution < 1.29 is 5.11 Å². The third-order valence-electron chi connectivity index (χ3n) is 11.3. The summed E-state index contributed by atoms with van der Waals surface area (Å²) in [6, 6.07) is 0. The molecule has 4 aliphatic rings. The summed E-state index contributed by atoms with van der Waals surface area (Å²) in [6.45, 7) is 15.1. The molecule has 0 saturated heterocycles. The predicted octanol–water partition coefficient (Wildman–Crippen LogP) is 8.02. The number of aliphatic hydroxyl groups is 1. The van der Waals surface area contributed by atoms with Gasteiger partial charge in [-0.15, -0.1) is 0 Å². The maximum absolute atomic E-state index is 10.2. The van der Waals surface area contributed by atoms with Crippen LogP contribution in [0.5, 0.6) is 0 Å². The first-order chi connectivity index (χ1) is 14.2. The fourth-order valence-electron chi connectivity index (χ4n) is 9.30. The number of fused-ring (bicyclic) bond motifs is 5. The molecule has 172 valence electrons. The smallest absolute Gasteiger partial charge is 0.0577 e. The minimum absolute atomic E-state index is 0.0794. The fraction of sp³-hybridized carbons (Fsp3) is 0.931. The molecule has 30 heavy (non-hydrogen) atoms. The van der Waals surface area contributed by atoms with E-state index in [2.05, 4.69) is 47.6 Å². The Morgan fingerprint density at radius 3 is 2.47 bits per heavy atom. The lowest BCUT2D eigenvalue weighted by atomic mass is 9.47. The fourth-order valence-corrected chi connectivity index (χ4v) is 9.30. The van der Waals surface area contributed by atoms with Crippen LogP contribution in [0.2, 0.25) is 0 Å². The van der Waals surface area contributed by atoms with Gasteiger partial charge in [-0.1, -0.05) is 66.0 Å². The van der Waals surface area contributed by atoms with E-state index in [0.29, 0.717) is 10.8 Å². The third-order valence-corrected chi connectivity index (χ3v) is 11.3. The van der Waals surface area contributed by atoms with Crippen LogP contribution in [0.3, 0.4) is 0 Å². The molecule has 4 aliphatic carbocycles. The van der Waals surface area contributed by atoms with E-state index in [-0.39, 0.29) is 6.10 Å². The molecule has 0 amide bonds. The highest BCUT2D eigenvalue weighted by molar-refractivity contribution is 5.25. The van der Waals surface area contributed by atoms with Gasteiger partial charge in [-0.25, -0.2) is 0 Å². The lowest BCUT2D eigenvalue weighted by Gasteiger charge is -2.58. The molecule has 0 aromatic rings. The number of allylic oxidation sites excluding steroid dienone is 1. The Labute approximate surface area is 187 Å². The second kappa shape index (κ2) is 8.57. The van der Waals surface area contributed by atoms with E-state index in [1.165, 1.54) is 57.8 Å². The largest absolute Gasteiger partial charge is 0.393 e. The van der Waals surface area contributed by atoms with Gasteiger partial charge < -0.3 is 5.11 Å². The number of hydrogen-bond acceptors (Lipinski definition) is 1. The van der Waals surface area contributed by atoms with Crippen LogP contribution in [0.25, 0.3) is 0 Å². The molecule has 0 aromatic heterocycles. The topological polar surface area (TPSA) is 20.2 Å². The summed E-state index contributed by atoms with van der Waals surface area (Å²) >= 11 is 0. The summed E-state index contributed by atoms with van der Waals surface area (Å²) in [6.07, 6.45) is 17.1. The van der Waals surface area contributed by atoms with Crippen molar-refractivity contribution in [2.45, 2.75) is 118 Å². The van der Waals surface area contributed by atoms with Crippen molar-refractivity contribution in [3.8, 4) is 0 Å². The SMILES string of the molecule is CC[C@H](CCC(C)C1CCC2C3CC=C4C[C@@H](O)CCC4(C)C3CCC12C)C(C)C. The molecule has 4 rings (SSSR count). The van der Waals surface area contributed by atoms with Gasteiger partial charge in [0.15, 0.2) is 0 Å². The second-order valence-corrected chi connectivity index (χ2v) is 12.9. The summed E-state index contributed by atoms with van der Waals surface area (Å²) in [7, 11) is 0. The molecule has 0 aliphatic heterocycles. The molecule has 0 radical (unpaired) electrons. The first-order valence-electron chi connectivity index (χ1n) is 13.6. The molecule has 0 aromatic carbocycles. The molecule has 1 heteroatoms. The van der Waals surface area contributed by atoms with Gasteiger partial charge >= 0.3 is 0 Å². The summed E-state index contributed by atoms with van der Waals surface area (Å²) < 4.78 is 0. The van der Waals surface area contributed by atoms with Crippen LogP contribution in [0.4, 0.5) is 0 Å². The molecule has 0 spiro atoms. The standard InChI is InChI=1S/C29H50O/c1-7-21(19(2)3)9-8-20(4)25-12-13-26-24-11-10-22-18-23(30)14-16-28(22,5)27(24)15-17-29(25,26)6/h10,19-21,23-27,30H,7-9,11-18H2,1-6H3/t20?,21-,23+,24?,25?,26?,27?,28?,29?/m1/s1. The van der Waals surface area contributed by atoms with Crippen molar-refractivity contribution in [2.75, 3.05) is 0 Å². The Morgan fingerprint density at radius 1 is 1.00 bits per heavy atom.